The smallest absolute Gasteiger partial charge is 0.258 e. The Hall–Kier alpha value is -3.58. The Bertz CT molecular complexity index is 1400. The molecular weight excluding hydrogens is 404 g/mol. The van der Waals surface area contributed by atoms with E-state index in [1.54, 1.807) is 43.3 Å². The summed E-state index contributed by atoms with van der Waals surface area (Å²) >= 11 is 0. The highest BCUT2D eigenvalue weighted by Gasteiger charge is 2.24. The Morgan fingerprint density at radius 3 is 2.84 bits per heavy atom. The van der Waals surface area contributed by atoms with Crippen molar-refractivity contribution in [3.8, 4) is 11.3 Å². The van der Waals surface area contributed by atoms with E-state index in [0.29, 0.717) is 28.7 Å². The van der Waals surface area contributed by atoms with Crippen molar-refractivity contribution < 1.29 is 9.53 Å². The number of hydrogen-bond acceptors (Lipinski definition) is 5. The van der Waals surface area contributed by atoms with E-state index in [-0.39, 0.29) is 17.6 Å². The third kappa shape index (κ3) is 3.65. The van der Waals surface area contributed by atoms with E-state index in [0.717, 1.165) is 35.9 Å². The number of fused-ring (bicyclic) bond motifs is 2. The van der Waals surface area contributed by atoms with Crippen LogP contribution in [-0.2, 0) is 11.8 Å². The van der Waals surface area contributed by atoms with Crippen LogP contribution in [0.5, 0.6) is 0 Å². The summed E-state index contributed by atoms with van der Waals surface area (Å²) in [6.07, 6.45) is 5.48. The average Bonchev–Trinajstić information content (AvgIpc) is 2.85. The quantitative estimate of drug-likeness (QED) is 0.500. The zero-order valence-electron chi connectivity index (χ0n) is 18.1. The lowest BCUT2D eigenvalue weighted by Gasteiger charge is -2.32. The standard InChI is InChI=1S/C25H24N4O3/c1-28-11-9-16-12-17(5-7-20(16)25(28)31)23-14-26-21-8-6-18(13-22(21)27-23)24(30)29-10-3-4-19(15-29)32-2/h5-9,11-14,19H,3-4,10,15H2,1-2H3/t19-/m1/s1. The number of likely N-dealkylation sites (tertiary alicyclic amines) is 1. The van der Waals surface area contributed by atoms with Crippen molar-refractivity contribution in [1.82, 2.24) is 19.4 Å². The summed E-state index contributed by atoms with van der Waals surface area (Å²) < 4.78 is 7.01. The third-order valence-corrected chi connectivity index (χ3v) is 6.16. The summed E-state index contributed by atoms with van der Waals surface area (Å²) in [4.78, 5) is 36.5. The maximum atomic E-state index is 13.1. The number of carbonyl (C=O) groups excluding carboxylic acids is 1. The molecule has 0 unspecified atom stereocenters. The fourth-order valence-electron chi connectivity index (χ4n) is 4.29. The molecule has 4 aromatic rings. The molecule has 1 atom stereocenters. The van der Waals surface area contributed by atoms with Gasteiger partial charge in [-0.15, -0.1) is 0 Å². The van der Waals surface area contributed by atoms with Gasteiger partial charge in [-0.1, -0.05) is 6.07 Å². The molecule has 0 aliphatic carbocycles. The molecule has 2 aromatic carbocycles. The number of aromatic nitrogens is 3. The Morgan fingerprint density at radius 1 is 1.12 bits per heavy atom. The molecule has 1 aliphatic rings. The van der Waals surface area contributed by atoms with Crippen LogP contribution < -0.4 is 5.56 Å². The van der Waals surface area contributed by atoms with Crippen molar-refractivity contribution in [2.24, 2.45) is 7.05 Å². The maximum Gasteiger partial charge on any atom is 0.258 e. The van der Waals surface area contributed by atoms with E-state index in [2.05, 4.69) is 4.98 Å². The van der Waals surface area contributed by atoms with Crippen LogP contribution in [0.3, 0.4) is 0 Å². The topological polar surface area (TPSA) is 77.3 Å². The van der Waals surface area contributed by atoms with E-state index in [1.165, 1.54) is 0 Å². The molecule has 0 N–H and O–H groups in total. The average molecular weight is 428 g/mol. The summed E-state index contributed by atoms with van der Waals surface area (Å²) in [5.74, 6) is -0.0117. The van der Waals surface area contributed by atoms with Gasteiger partial charge in [0.05, 0.1) is 29.0 Å². The normalized spacial score (nSPS) is 16.6. The van der Waals surface area contributed by atoms with Gasteiger partial charge in [0.1, 0.15) is 0 Å². The second-order valence-corrected chi connectivity index (χ2v) is 8.24. The zero-order valence-corrected chi connectivity index (χ0v) is 18.1. The first-order valence-electron chi connectivity index (χ1n) is 10.7. The monoisotopic (exact) mass is 428 g/mol. The molecule has 7 heteroatoms. The third-order valence-electron chi connectivity index (χ3n) is 6.16. The van der Waals surface area contributed by atoms with E-state index in [4.69, 9.17) is 9.72 Å². The highest BCUT2D eigenvalue weighted by molar-refractivity contribution is 5.97. The Kier molecular flexibility index (Phi) is 5.19. The van der Waals surface area contributed by atoms with Crippen LogP contribution in [-0.4, -0.2) is 51.6 Å². The molecule has 0 spiro atoms. The van der Waals surface area contributed by atoms with E-state index in [9.17, 15) is 9.59 Å². The summed E-state index contributed by atoms with van der Waals surface area (Å²) in [5.41, 5.74) is 3.53. The van der Waals surface area contributed by atoms with Crippen molar-refractivity contribution in [3.05, 3.63) is 70.8 Å². The van der Waals surface area contributed by atoms with Crippen molar-refractivity contribution in [3.63, 3.8) is 0 Å². The number of carbonyl (C=O) groups is 1. The first kappa shape index (κ1) is 20.3. The molecule has 0 bridgehead atoms. The molecular formula is C25H24N4O3. The number of nitrogens with zero attached hydrogens (tertiary/aromatic N) is 4. The summed E-state index contributed by atoms with van der Waals surface area (Å²) in [7, 11) is 3.43. The number of methoxy groups -OCH3 is 1. The SMILES string of the molecule is CO[C@@H]1CCCN(C(=O)c2ccc3ncc(-c4ccc5c(=O)n(C)ccc5c4)nc3c2)C1. The Balaban J connectivity index is 1.50. The molecule has 162 valence electrons. The molecule has 32 heavy (non-hydrogen) atoms. The van der Waals surface area contributed by atoms with Gasteiger partial charge in [-0.3, -0.25) is 14.6 Å². The van der Waals surface area contributed by atoms with Gasteiger partial charge >= 0.3 is 0 Å². The van der Waals surface area contributed by atoms with Crippen LogP contribution in [0.1, 0.15) is 23.2 Å². The zero-order chi connectivity index (χ0) is 22.2. The number of rotatable bonds is 3. The lowest BCUT2D eigenvalue weighted by molar-refractivity contribution is 0.0269. The van der Waals surface area contributed by atoms with Crippen LogP contribution in [0.15, 0.2) is 59.7 Å². The van der Waals surface area contributed by atoms with Crippen molar-refractivity contribution in [1.29, 1.82) is 0 Å². The van der Waals surface area contributed by atoms with Crippen molar-refractivity contribution in [2.75, 3.05) is 20.2 Å². The molecule has 0 radical (unpaired) electrons. The van der Waals surface area contributed by atoms with Gasteiger partial charge in [0.25, 0.3) is 11.5 Å². The summed E-state index contributed by atoms with van der Waals surface area (Å²) in [6.45, 7) is 1.34. The van der Waals surface area contributed by atoms with Gasteiger partial charge in [-0.05, 0) is 54.6 Å². The maximum absolute atomic E-state index is 13.1. The minimum absolute atomic E-state index is 0.0117. The van der Waals surface area contributed by atoms with Gasteiger partial charge in [0.2, 0.25) is 0 Å². The van der Waals surface area contributed by atoms with Gasteiger partial charge < -0.3 is 14.2 Å². The van der Waals surface area contributed by atoms with Crippen LogP contribution in [0.4, 0.5) is 0 Å². The molecule has 0 saturated carbocycles. The van der Waals surface area contributed by atoms with Crippen LogP contribution in [0.2, 0.25) is 0 Å². The van der Waals surface area contributed by atoms with Crippen LogP contribution in [0.25, 0.3) is 33.1 Å². The number of aryl methyl sites for hydroxylation is 1. The minimum Gasteiger partial charge on any atom is -0.380 e. The van der Waals surface area contributed by atoms with Gasteiger partial charge in [0.15, 0.2) is 0 Å². The minimum atomic E-state index is -0.0322. The largest absolute Gasteiger partial charge is 0.380 e. The molecule has 1 fully saturated rings. The molecule has 1 aliphatic heterocycles. The first-order chi connectivity index (χ1) is 15.5. The number of hydrogen-bond donors (Lipinski definition) is 0. The summed E-state index contributed by atoms with van der Waals surface area (Å²) in [5, 5.41) is 1.52. The highest BCUT2D eigenvalue weighted by atomic mass is 16.5. The molecule has 7 nitrogen and oxygen atoms in total. The lowest BCUT2D eigenvalue weighted by atomic mass is 10.1. The van der Waals surface area contributed by atoms with Crippen LogP contribution >= 0.6 is 0 Å². The Labute approximate surface area is 185 Å². The molecule has 1 saturated heterocycles. The molecule has 1 amide bonds. The fourth-order valence-corrected chi connectivity index (χ4v) is 4.29. The van der Waals surface area contributed by atoms with Gasteiger partial charge in [0, 0.05) is 50.0 Å². The number of amides is 1. The van der Waals surface area contributed by atoms with E-state index in [1.807, 2.05) is 35.2 Å². The predicted octanol–water partition coefficient (Wildman–Crippen LogP) is 3.40. The van der Waals surface area contributed by atoms with Crippen molar-refractivity contribution in [2.45, 2.75) is 18.9 Å². The number of ether oxygens (including phenoxy) is 1. The Morgan fingerprint density at radius 2 is 2.00 bits per heavy atom. The second-order valence-electron chi connectivity index (χ2n) is 8.24. The highest BCUT2D eigenvalue weighted by Crippen LogP contribution is 2.24. The van der Waals surface area contributed by atoms with E-state index >= 15 is 0 Å². The molecule has 5 rings (SSSR count). The first-order valence-corrected chi connectivity index (χ1v) is 10.7. The lowest BCUT2D eigenvalue weighted by Crippen LogP contribution is -2.42. The van der Waals surface area contributed by atoms with Gasteiger partial charge in [-0.2, -0.15) is 0 Å². The van der Waals surface area contributed by atoms with Crippen LogP contribution in [0, 0.1) is 0 Å². The number of benzene rings is 2. The fraction of sp³-hybridized carbons (Fsp3) is 0.280. The molecule has 2 aromatic heterocycles. The van der Waals surface area contributed by atoms with Crippen molar-refractivity contribution >= 4 is 27.7 Å². The van der Waals surface area contributed by atoms with E-state index < -0.39 is 0 Å². The predicted molar refractivity (Wildman–Crippen MR) is 124 cm³/mol. The van der Waals surface area contributed by atoms with Gasteiger partial charge in [-0.25, -0.2) is 4.98 Å². The molecule has 3 heterocycles. The number of piperidine rings is 1. The number of pyridine rings is 1. The second kappa shape index (κ2) is 8.16. The summed E-state index contributed by atoms with van der Waals surface area (Å²) in [6, 6.07) is 13.0.